The summed E-state index contributed by atoms with van der Waals surface area (Å²) in [6.45, 7) is 4.33. The van der Waals surface area contributed by atoms with Crippen molar-refractivity contribution in [3.8, 4) is 0 Å². The van der Waals surface area contributed by atoms with Crippen LogP contribution in [0.15, 0.2) is 18.2 Å². The molecule has 0 aliphatic carbocycles. The van der Waals surface area contributed by atoms with Crippen molar-refractivity contribution >= 4 is 27.3 Å². The molecule has 0 aromatic heterocycles. The van der Waals surface area contributed by atoms with Crippen LogP contribution in [-0.4, -0.2) is 51.2 Å². The smallest absolute Gasteiger partial charge is 0.211 e. The highest BCUT2D eigenvalue weighted by Crippen LogP contribution is 2.25. The molecule has 0 saturated carbocycles. The molecule has 1 atom stereocenters. The summed E-state index contributed by atoms with van der Waals surface area (Å²) < 4.78 is 24.5. The minimum absolute atomic E-state index is 0.0756. The van der Waals surface area contributed by atoms with E-state index in [0.717, 1.165) is 22.7 Å². The lowest BCUT2D eigenvalue weighted by molar-refractivity contribution is 0.388. The third-order valence-corrected chi connectivity index (χ3v) is 5.31. The highest BCUT2D eigenvalue weighted by atomic mass is 35.5. The number of sulfonamides is 1. The lowest BCUT2D eigenvalue weighted by Gasteiger charge is -2.35. The number of rotatable bonds is 4. The number of halogens is 1. The molecule has 1 aromatic rings. The van der Waals surface area contributed by atoms with Gasteiger partial charge in [0.05, 0.1) is 6.26 Å². The summed E-state index contributed by atoms with van der Waals surface area (Å²) in [5.41, 5.74) is 7.87. The predicted octanol–water partition coefficient (Wildman–Crippen LogP) is 1.31. The Hall–Kier alpha value is -0.820. The second-order valence-corrected chi connectivity index (χ2v) is 8.00. The van der Waals surface area contributed by atoms with Crippen LogP contribution in [0.1, 0.15) is 12.5 Å². The summed E-state index contributed by atoms with van der Waals surface area (Å²) in [5, 5.41) is 0.718. The van der Waals surface area contributed by atoms with Gasteiger partial charge in [0.1, 0.15) is 0 Å². The van der Waals surface area contributed by atoms with Crippen LogP contribution in [-0.2, 0) is 16.4 Å². The molecule has 21 heavy (non-hydrogen) atoms. The van der Waals surface area contributed by atoms with E-state index in [2.05, 4.69) is 4.90 Å². The molecule has 1 saturated heterocycles. The van der Waals surface area contributed by atoms with Gasteiger partial charge >= 0.3 is 0 Å². The van der Waals surface area contributed by atoms with E-state index in [1.807, 2.05) is 25.1 Å². The summed E-state index contributed by atoms with van der Waals surface area (Å²) in [7, 11) is -3.09. The highest BCUT2D eigenvalue weighted by Gasteiger charge is 2.23. The van der Waals surface area contributed by atoms with Gasteiger partial charge in [-0.2, -0.15) is 4.31 Å². The topological polar surface area (TPSA) is 66.6 Å². The first-order valence-electron chi connectivity index (χ1n) is 7.01. The predicted molar refractivity (Wildman–Crippen MR) is 87.4 cm³/mol. The van der Waals surface area contributed by atoms with Gasteiger partial charge in [0.25, 0.3) is 0 Å². The molecule has 1 aliphatic rings. The second kappa shape index (κ2) is 6.52. The molecule has 7 heteroatoms. The Bertz CT molecular complexity index is 596. The van der Waals surface area contributed by atoms with Crippen LogP contribution < -0.4 is 10.6 Å². The van der Waals surface area contributed by atoms with E-state index in [-0.39, 0.29) is 6.04 Å². The summed E-state index contributed by atoms with van der Waals surface area (Å²) in [5.74, 6) is 0. The molecular weight excluding hydrogens is 310 g/mol. The maximum Gasteiger partial charge on any atom is 0.211 e. The molecule has 1 aromatic carbocycles. The molecule has 0 radical (unpaired) electrons. The van der Waals surface area contributed by atoms with Gasteiger partial charge in [-0.15, -0.1) is 0 Å². The van der Waals surface area contributed by atoms with Crippen molar-refractivity contribution in [2.24, 2.45) is 5.73 Å². The fraction of sp³-hybridized carbons (Fsp3) is 0.571. The third kappa shape index (κ3) is 4.32. The Morgan fingerprint density at radius 2 is 1.90 bits per heavy atom. The monoisotopic (exact) mass is 331 g/mol. The molecule has 2 rings (SSSR count). The normalized spacial score (nSPS) is 18.8. The summed E-state index contributed by atoms with van der Waals surface area (Å²) in [6.07, 6.45) is 2.00. The van der Waals surface area contributed by atoms with Gasteiger partial charge in [-0.3, -0.25) is 0 Å². The number of benzene rings is 1. The Morgan fingerprint density at radius 3 is 2.38 bits per heavy atom. The molecule has 1 heterocycles. The van der Waals surface area contributed by atoms with Crippen LogP contribution in [0.4, 0.5) is 5.69 Å². The molecule has 0 bridgehead atoms. The molecule has 0 amide bonds. The number of hydrogen-bond acceptors (Lipinski definition) is 4. The maximum atomic E-state index is 11.5. The van der Waals surface area contributed by atoms with Crippen molar-refractivity contribution in [3.05, 3.63) is 28.8 Å². The maximum absolute atomic E-state index is 11.5. The van der Waals surface area contributed by atoms with E-state index in [1.54, 1.807) is 0 Å². The van der Waals surface area contributed by atoms with E-state index >= 15 is 0 Å². The van der Waals surface area contributed by atoms with Crippen molar-refractivity contribution in [1.82, 2.24) is 4.31 Å². The van der Waals surface area contributed by atoms with E-state index < -0.39 is 10.0 Å². The number of hydrogen-bond donors (Lipinski definition) is 1. The average molecular weight is 332 g/mol. The van der Waals surface area contributed by atoms with E-state index in [0.29, 0.717) is 26.2 Å². The van der Waals surface area contributed by atoms with Gasteiger partial charge in [0, 0.05) is 42.9 Å². The van der Waals surface area contributed by atoms with Gasteiger partial charge in [-0.25, -0.2) is 8.42 Å². The zero-order valence-electron chi connectivity index (χ0n) is 12.4. The van der Waals surface area contributed by atoms with Crippen molar-refractivity contribution in [2.45, 2.75) is 19.4 Å². The number of piperazine rings is 1. The van der Waals surface area contributed by atoms with E-state index in [4.69, 9.17) is 17.3 Å². The van der Waals surface area contributed by atoms with E-state index in [1.165, 1.54) is 10.6 Å². The standard InChI is InChI=1S/C14H22ClN3O2S/c1-11(16)9-12-3-4-13(10-14(12)15)17-5-7-18(8-6-17)21(2,19)20/h3-4,10-11H,5-9,16H2,1-2H3. The molecule has 1 fully saturated rings. The number of nitrogens with zero attached hydrogens (tertiary/aromatic N) is 2. The largest absolute Gasteiger partial charge is 0.369 e. The van der Waals surface area contributed by atoms with Gasteiger partial charge in [-0.1, -0.05) is 17.7 Å². The summed E-state index contributed by atoms with van der Waals surface area (Å²) >= 11 is 6.31. The molecule has 1 aliphatic heterocycles. The summed E-state index contributed by atoms with van der Waals surface area (Å²) in [6, 6.07) is 6.05. The molecular formula is C14H22ClN3O2S. The molecule has 118 valence electrons. The van der Waals surface area contributed by atoms with Crippen LogP contribution in [0.5, 0.6) is 0 Å². The zero-order chi connectivity index (χ0) is 15.6. The fourth-order valence-electron chi connectivity index (χ4n) is 2.52. The molecule has 0 spiro atoms. The van der Waals surface area contributed by atoms with Gasteiger partial charge < -0.3 is 10.6 Å². The van der Waals surface area contributed by atoms with Crippen LogP contribution in [0.3, 0.4) is 0 Å². The molecule has 1 unspecified atom stereocenters. The van der Waals surface area contributed by atoms with Crippen LogP contribution in [0.2, 0.25) is 5.02 Å². The van der Waals surface area contributed by atoms with Crippen molar-refractivity contribution in [2.75, 3.05) is 37.3 Å². The third-order valence-electron chi connectivity index (χ3n) is 3.65. The number of nitrogens with two attached hydrogens (primary N) is 1. The van der Waals surface area contributed by atoms with Crippen LogP contribution in [0.25, 0.3) is 0 Å². The second-order valence-electron chi connectivity index (χ2n) is 5.61. The van der Waals surface area contributed by atoms with Crippen LogP contribution in [0, 0.1) is 0 Å². The average Bonchev–Trinajstić information content (AvgIpc) is 2.40. The Labute approximate surface area is 131 Å². The Morgan fingerprint density at radius 1 is 1.29 bits per heavy atom. The first kappa shape index (κ1) is 16.5. The van der Waals surface area contributed by atoms with Gasteiger partial charge in [0.15, 0.2) is 0 Å². The minimum Gasteiger partial charge on any atom is -0.369 e. The van der Waals surface area contributed by atoms with Gasteiger partial charge in [-0.05, 0) is 31.0 Å². The first-order valence-corrected chi connectivity index (χ1v) is 9.24. The zero-order valence-corrected chi connectivity index (χ0v) is 14.0. The quantitative estimate of drug-likeness (QED) is 0.903. The van der Waals surface area contributed by atoms with Crippen molar-refractivity contribution in [1.29, 1.82) is 0 Å². The minimum atomic E-state index is -3.09. The summed E-state index contributed by atoms with van der Waals surface area (Å²) in [4.78, 5) is 2.16. The fourth-order valence-corrected chi connectivity index (χ4v) is 3.60. The highest BCUT2D eigenvalue weighted by molar-refractivity contribution is 7.88. The molecule has 2 N–H and O–H groups in total. The van der Waals surface area contributed by atoms with Crippen LogP contribution >= 0.6 is 11.6 Å². The lowest BCUT2D eigenvalue weighted by atomic mass is 10.1. The van der Waals surface area contributed by atoms with Crippen molar-refractivity contribution in [3.63, 3.8) is 0 Å². The number of anilines is 1. The Kier molecular flexibility index (Phi) is 5.14. The van der Waals surface area contributed by atoms with Gasteiger partial charge in [0.2, 0.25) is 10.0 Å². The first-order chi connectivity index (χ1) is 9.77. The van der Waals surface area contributed by atoms with Crippen molar-refractivity contribution < 1.29 is 8.42 Å². The SMILES string of the molecule is CC(N)Cc1ccc(N2CCN(S(C)(=O)=O)CC2)cc1Cl. The Balaban J connectivity index is 2.06. The van der Waals surface area contributed by atoms with E-state index in [9.17, 15) is 8.42 Å². The lowest BCUT2D eigenvalue weighted by Crippen LogP contribution is -2.48. The molecule has 5 nitrogen and oxygen atoms in total.